The van der Waals surface area contributed by atoms with Crippen LogP contribution in [0, 0.1) is 0 Å². The maximum absolute atomic E-state index is 5.56. The molecule has 0 saturated carbocycles. The fraction of sp³-hybridized carbons (Fsp3) is 0.125. The van der Waals surface area contributed by atoms with Crippen LogP contribution in [0.15, 0.2) is 34.4 Å². The van der Waals surface area contributed by atoms with Crippen LogP contribution in [0.25, 0.3) is 0 Å². The zero-order valence-corrected chi connectivity index (χ0v) is 8.69. The van der Waals surface area contributed by atoms with Crippen LogP contribution in [0.1, 0.15) is 0 Å². The first kappa shape index (κ1) is 9.55. The van der Waals surface area contributed by atoms with Crippen LogP contribution in [-0.2, 0) is 0 Å². The third-order valence-electron chi connectivity index (χ3n) is 1.19. The van der Waals surface area contributed by atoms with Gasteiger partial charge in [0.05, 0.1) is 6.54 Å². The molecule has 0 spiro atoms. The Bertz CT molecular complexity index is 271. The lowest BCUT2D eigenvalue weighted by Crippen LogP contribution is -2.01. The number of hydrogen-bond donors (Lipinski definition) is 1. The van der Waals surface area contributed by atoms with E-state index < -0.39 is 0 Å². The third kappa shape index (κ3) is 3.24. The second-order valence-electron chi connectivity index (χ2n) is 2.23. The van der Waals surface area contributed by atoms with Gasteiger partial charge in [0.1, 0.15) is 5.82 Å². The lowest BCUT2D eigenvalue weighted by molar-refractivity contribution is 1.21. The molecule has 0 fully saturated rings. The summed E-state index contributed by atoms with van der Waals surface area (Å²) in [5.74, 6) is 0.792. The van der Waals surface area contributed by atoms with Crippen LogP contribution >= 0.6 is 27.5 Å². The highest BCUT2D eigenvalue weighted by molar-refractivity contribution is 9.10. The topological polar surface area (TPSA) is 24.9 Å². The summed E-state index contributed by atoms with van der Waals surface area (Å²) in [5, 5.41) is 3.58. The van der Waals surface area contributed by atoms with Gasteiger partial charge in [0, 0.05) is 15.7 Å². The van der Waals surface area contributed by atoms with Gasteiger partial charge in [0.25, 0.3) is 0 Å². The molecule has 0 radical (unpaired) electrons. The van der Waals surface area contributed by atoms with Gasteiger partial charge in [-0.05, 0) is 28.1 Å². The van der Waals surface area contributed by atoms with E-state index in [0.29, 0.717) is 11.6 Å². The highest BCUT2D eigenvalue weighted by atomic mass is 79.9. The van der Waals surface area contributed by atoms with Crippen molar-refractivity contribution >= 4 is 33.3 Å². The molecule has 1 N–H and O–H groups in total. The summed E-state index contributed by atoms with van der Waals surface area (Å²) in [6, 6.07) is 3.77. The Morgan fingerprint density at radius 2 is 2.42 bits per heavy atom. The van der Waals surface area contributed by atoms with Crippen molar-refractivity contribution in [3.05, 3.63) is 34.4 Å². The fourth-order valence-corrected chi connectivity index (χ4v) is 0.968. The van der Waals surface area contributed by atoms with Crippen molar-refractivity contribution < 1.29 is 0 Å². The molecule has 4 heteroatoms. The van der Waals surface area contributed by atoms with Gasteiger partial charge in [0.15, 0.2) is 0 Å². The Hall–Kier alpha value is -0.540. The number of pyridine rings is 1. The van der Waals surface area contributed by atoms with E-state index in [1.807, 2.05) is 12.1 Å². The Labute approximate surface area is 84.8 Å². The number of rotatable bonds is 3. The quantitative estimate of drug-likeness (QED) is 0.888. The molecule has 0 atom stereocenters. The van der Waals surface area contributed by atoms with Crippen molar-refractivity contribution in [2.75, 3.05) is 11.9 Å². The van der Waals surface area contributed by atoms with Crippen LogP contribution in [-0.4, -0.2) is 11.5 Å². The number of hydrogen-bond acceptors (Lipinski definition) is 2. The first-order valence-electron chi connectivity index (χ1n) is 3.37. The van der Waals surface area contributed by atoms with E-state index in [1.54, 1.807) is 6.20 Å². The predicted octanol–water partition coefficient (Wildman–Crippen LogP) is 3.01. The Kier molecular flexibility index (Phi) is 3.56. The van der Waals surface area contributed by atoms with Crippen LogP contribution in [0.2, 0.25) is 0 Å². The Morgan fingerprint density at radius 1 is 1.67 bits per heavy atom. The molecular weight excluding hydrogens is 239 g/mol. The van der Waals surface area contributed by atoms with E-state index in [9.17, 15) is 0 Å². The van der Waals surface area contributed by atoms with Gasteiger partial charge in [-0.15, -0.1) is 0 Å². The molecule has 2 nitrogen and oxygen atoms in total. The van der Waals surface area contributed by atoms with Crippen molar-refractivity contribution in [1.82, 2.24) is 4.98 Å². The summed E-state index contributed by atoms with van der Waals surface area (Å²) < 4.78 is 0.956. The van der Waals surface area contributed by atoms with E-state index in [-0.39, 0.29) is 0 Å². The zero-order valence-electron chi connectivity index (χ0n) is 6.35. The monoisotopic (exact) mass is 246 g/mol. The Morgan fingerprint density at radius 3 is 2.92 bits per heavy atom. The standard InChI is InChI=1S/C8H8BrClN2/c1-6(10)4-11-8-3-2-7(9)5-12-8/h2-3,5H,1,4H2,(H,11,12). The first-order valence-corrected chi connectivity index (χ1v) is 4.54. The second-order valence-corrected chi connectivity index (χ2v) is 3.68. The molecule has 0 aliphatic rings. The van der Waals surface area contributed by atoms with Crippen LogP contribution < -0.4 is 5.32 Å². The molecule has 0 aliphatic heterocycles. The van der Waals surface area contributed by atoms with Crippen LogP contribution in [0.4, 0.5) is 5.82 Å². The largest absolute Gasteiger partial charge is 0.365 e. The number of halogens is 2. The van der Waals surface area contributed by atoms with Gasteiger partial charge in [-0.1, -0.05) is 18.2 Å². The summed E-state index contributed by atoms with van der Waals surface area (Å²) in [6.45, 7) is 4.09. The molecule has 0 amide bonds. The SMILES string of the molecule is C=C(Cl)CNc1ccc(Br)cn1. The minimum Gasteiger partial charge on any atom is -0.365 e. The van der Waals surface area contributed by atoms with Crippen molar-refractivity contribution in [2.24, 2.45) is 0 Å². The molecule has 0 bridgehead atoms. The maximum atomic E-state index is 5.56. The zero-order chi connectivity index (χ0) is 8.97. The summed E-state index contributed by atoms with van der Waals surface area (Å²) in [6.07, 6.45) is 1.72. The van der Waals surface area contributed by atoms with E-state index >= 15 is 0 Å². The smallest absolute Gasteiger partial charge is 0.126 e. The normalized spacial score (nSPS) is 9.50. The number of nitrogens with zero attached hydrogens (tertiary/aromatic N) is 1. The van der Waals surface area contributed by atoms with E-state index in [1.165, 1.54) is 0 Å². The lowest BCUT2D eigenvalue weighted by atomic mass is 10.4. The minimum atomic E-state index is 0.538. The Balaban J connectivity index is 2.53. The van der Waals surface area contributed by atoms with Crippen molar-refractivity contribution in [1.29, 1.82) is 0 Å². The van der Waals surface area contributed by atoms with Gasteiger partial charge in [-0.3, -0.25) is 0 Å². The summed E-state index contributed by atoms with van der Waals surface area (Å²) in [7, 11) is 0. The third-order valence-corrected chi connectivity index (χ3v) is 1.79. The highest BCUT2D eigenvalue weighted by Crippen LogP contribution is 2.10. The molecule has 1 aromatic rings. The number of aromatic nitrogens is 1. The molecule has 0 aromatic carbocycles. The molecule has 0 unspecified atom stereocenters. The molecule has 1 rings (SSSR count). The average Bonchev–Trinajstić information content (AvgIpc) is 2.03. The van der Waals surface area contributed by atoms with Crippen LogP contribution in [0.3, 0.4) is 0 Å². The predicted molar refractivity (Wildman–Crippen MR) is 55.4 cm³/mol. The summed E-state index contributed by atoms with van der Waals surface area (Å²) >= 11 is 8.86. The number of nitrogens with one attached hydrogen (secondary N) is 1. The van der Waals surface area contributed by atoms with Crippen molar-refractivity contribution in [3.8, 4) is 0 Å². The second kappa shape index (κ2) is 4.48. The molecule has 12 heavy (non-hydrogen) atoms. The molecule has 0 saturated heterocycles. The molecule has 64 valence electrons. The molecular formula is C8H8BrClN2. The lowest BCUT2D eigenvalue weighted by Gasteiger charge is -2.02. The molecule has 1 aromatic heterocycles. The van der Waals surface area contributed by atoms with Gasteiger partial charge in [-0.25, -0.2) is 4.98 Å². The maximum Gasteiger partial charge on any atom is 0.126 e. The van der Waals surface area contributed by atoms with Gasteiger partial charge >= 0.3 is 0 Å². The van der Waals surface area contributed by atoms with Gasteiger partial charge in [0.2, 0.25) is 0 Å². The summed E-state index contributed by atoms with van der Waals surface area (Å²) in [4.78, 5) is 4.09. The fourth-order valence-electron chi connectivity index (χ4n) is 0.667. The molecule has 0 aliphatic carbocycles. The van der Waals surface area contributed by atoms with E-state index in [4.69, 9.17) is 11.6 Å². The highest BCUT2D eigenvalue weighted by Gasteiger charge is 1.92. The van der Waals surface area contributed by atoms with Crippen LogP contribution in [0.5, 0.6) is 0 Å². The number of anilines is 1. The summed E-state index contributed by atoms with van der Waals surface area (Å²) in [5.41, 5.74) is 0. The van der Waals surface area contributed by atoms with Gasteiger partial charge < -0.3 is 5.32 Å². The average molecular weight is 248 g/mol. The minimum absolute atomic E-state index is 0.538. The van der Waals surface area contributed by atoms with E-state index in [0.717, 1.165) is 10.3 Å². The first-order chi connectivity index (χ1) is 5.68. The van der Waals surface area contributed by atoms with E-state index in [2.05, 4.69) is 32.8 Å². The van der Waals surface area contributed by atoms with Crippen molar-refractivity contribution in [3.63, 3.8) is 0 Å². The van der Waals surface area contributed by atoms with Gasteiger partial charge in [-0.2, -0.15) is 0 Å². The molecule has 1 heterocycles. The van der Waals surface area contributed by atoms with Crippen molar-refractivity contribution in [2.45, 2.75) is 0 Å².